The van der Waals surface area contributed by atoms with Gasteiger partial charge in [0.2, 0.25) is 0 Å². The highest BCUT2D eigenvalue weighted by Crippen LogP contribution is 2.23. The van der Waals surface area contributed by atoms with E-state index in [1.165, 1.54) is 45.1 Å². The van der Waals surface area contributed by atoms with Gasteiger partial charge in [-0.05, 0) is 50.0 Å². The lowest BCUT2D eigenvalue weighted by atomic mass is 9.91. The summed E-state index contributed by atoms with van der Waals surface area (Å²) in [7, 11) is 0. The molecular formula is C15H31N. The topological polar surface area (TPSA) is 12.0 Å². The van der Waals surface area contributed by atoms with Crippen LogP contribution in [0.25, 0.3) is 0 Å². The number of rotatable bonds is 9. The van der Waals surface area contributed by atoms with Gasteiger partial charge in [-0.25, -0.2) is 0 Å². The van der Waals surface area contributed by atoms with E-state index < -0.39 is 0 Å². The van der Waals surface area contributed by atoms with Crippen LogP contribution in [0.3, 0.4) is 0 Å². The first-order chi connectivity index (χ1) is 7.58. The average molecular weight is 225 g/mol. The Morgan fingerprint density at radius 3 is 2.19 bits per heavy atom. The molecule has 1 aliphatic rings. The van der Waals surface area contributed by atoms with Crippen LogP contribution >= 0.6 is 0 Å². The lowest BCUT2D eigenvalue weighted by molar-refractivity contribution is 0.346. The molecule has 1 nitrogen and oxygen atoms in total. The third kappa shape index (κ3) is 7.27. The van der Waals surface area contributed by atoms with Gasteiger partial charge in [0, 0.05) is 6.04 Å². The summed E-state index contributed by atoms with van der Waals surface area (Å²) in [5.74, 6) is 2.64. The zero-order valence-electron chi connectivity index (χ0n) is 11.8. The third-order valence-electron chi connectivity index (χ3n) is 3.47. The van der Waals surface area contributed by atoms with Gasteiger partial charge in [0.15, 0.2) is 0 Å². The van der Waals surface area contributed by atoms with Crippen molar-refractivity contribution in [3.63, 3.8) is 0 Å². The Hall–Kier alpha value is -0.0400. The van der Waals surface area contributed by atoms with Crippen LogP contribution in [0.1, 0.15) is 66.2 Å². The predicted molar refractivity (Wildman–Crippen MR) is 72.7 cm³/mol. The predicted octanol–water partition coefficient (Wildman–Crippen LogP) is 4.23. The second-order valence-electron chi connectivity index (χ2n) is 6.50. The van der Waals surface area contributed by atoms with Crippen LogP contribution in [0, 0.1) is 17.8 Å². The fraction of sp³-hybridized carbons (Fsp3) is 1.00. The van der Waals surface area contributed by atoms with Gasteiger partial charge in [-0.15, -0.1) is 0 Å². The summed E-state index contributed by atoms with van der Waals surface area (Å²) in [6.07, 6.45) is 8.48. The van der Waals surface area contributed by atoms with Gasteiger partial charge < -0.3 is 5.32 Å². The minimum absolute atomic E-state index is 0.852. The van der Waals surface area contributed by atoms with E-state index in [9.17, 15) is 0 Å². The van der Waals surface area contributed by atoms with E-state index in [4.69, 9.17) is 0 Å². The molecule has 1 saturated carbocycles. The van der Waals surface area contributed by atoms with Crippen LogP contribution in [0.5, 0.6) is 0 Å². The summed E-state index contributed by atoms with van der Waals surface area (Å²) in [4.78, 5) is 0. The molecule has 0 aromatic rings. The highest BCUT2D eigenvalue weighted by Gasteiger charge is 2.22. The molecule has 0 radical (unpaired) electrons. The Balaban J connectivity index is 2.13. The first-order valence-electron chi connectivity index (χ1n) is 7.31. The van der Waals surface area contributed by atoms with Crippen LogP contribution in [-0.4, -0.2) is 12.6 Å². The molecule has 1 heteroatoms. The minimum Gasteiger partial charge on any atom is -0.314 e. The van der Waals surface area contributed by atoms with E-state index in [1.807, 2.05) is 0 Å². The van der Waals surface area contributed by atoms with E-state index in [0.29, 0.717) is 0 Å². The van der Waals surface area contributed by atoms with Gasteiger partial charge >= 0.3 is 0 Å². The Morgan fingerprint density at radius 1 is 1.00 bits per heavy atom. The fourth-order valence-corrected chi connectivity index (χ4v) is 2.41. The van der Waals surface area contributed by atoms with Crippen LogP contribution < -0.4 is 5.32 Å². The van der Waals surface area contributed by atoms with E-state index in [1.54, 1.807) is 0 Å². The summed E-state index contributed by atoms with van der Waals surface area (Å²) >= 11 is 0. The molecule has 0 aliphatic heterocycles. The molecule has 1 rings (SSSR count). The average Bonchev–Trinajstić information content (AvgIpc) is 2.95. The van der Waals surface area contributed by atoms with Gasteiger partial charge in [-0.3, -0.25) is 0 Å². The molecule has 16 heavy (non-hydrogen) atoms. The molecular weight excluding hydrogens is 194 g/mol. The molecule has 0 amide bonds. The Bertz CT molecular complexity index is 170. The van der Waals surface area contributed by atoms with E-state index in [-0.39, 0.29) is 0 Å². The second-order valence-corrected chi connectivity index (χ2v) is 6.50. The normalized spacial score (nSPS) is 18.4. The molecule has 96 valence electrons. The highest BCUT2D eigenvalue weighted by molar-refractivity contribution is 4.82. The van der Waals surface area contributed by atoms with Crippen molar-refractivity contribution in [1.29, 1.82) is 0 Å². The number of hydrogen-bond acceptors (Lipinski definition) is 1. The van der Waals surface area contributed by atoms with Gasteiger partial charge in [0.1, 0.15) is 0 Å². The lowest BCUT2D eigenvalue weighted by Crippen LogP contribution is -2.25. The fourth-order valence-electron chi connectivity index (χ4n) is 2.41. The van der Waals surface area contributed by atoms with Crippen molar-refractivity contribution in [3.05, 3.63) is 0 Å². The molecule has 0 heterocycles. The number of nitrogens with one attached hydrogen (secondary N) is 1. The number of hydrogen-bond donors (Lipinski definition) is 1. The highest BCUT2D eigenvalue weighted by atomic mass is 14.9. The van der Waals surface area contributed by atoms with Gasteiger partial charge in [-0.2, -0.15) is 0 Å². The Morgan fingerprint density at radius 2 is 1.69 bits per heavy atom. The largest absolute Gasteiger partial charge is 0.314 e. The molecule has 0 aromatic heterocycles. The first kappa shape index (κ1) is 14.0. The molecule has 0 spiro atoms. The van der Waals surface area contributed by atoms with Crippen LogP contribution in [0.15, 0.2) is 0 Å². The quantitative estimate of drug-likeness (QED) is 0.619. The van der Waals surface area contributed by atoms with Crippen molar-refractivity contribution in [3.8, 4) is 0 Å². The first-order valence-corrected chi connectivity index (χ1v) is 7.31. The zero-order valence-corrected chi connectivity index (χ0v) is 11.8. The molecule has 1 fully saturated rings. The van der Waals surface area contributed by atoms with Crippen molar-refractivity contribution < 1.29 is 0 Å². The molecule has 1 atom stereocenters. The Labute approximate surface area is 102 Å². The van der Waals surface area contributed by atoms with Gasteiger partial charge in [0.25, 0.3) is 0 Å². The minimum atomic E-state index is 0.852. The lowest BCUT2D eigenvalue weighted by Gasteiger charge is -2.20. The maximum atomic E-state index is 3.70. The third-order valence-corrected chi connectivity index (χ3v) is 3.47. The monoisotopic (exact) mass is 225 g/mol. The summed E-state index contributed by atoms with van der Waals surface area (Å²) in [5, 5.41) is 3.70. The maximum Gasteiger partial charge on any atom is 0.00683 e. The van der Waals surface area contributed by atoms with E-state index in [2.05, 4.69) is 33.0 Å². The van der Waals surface area contributed by atoms with Crippen LogP contribution in [0.4, 0.5) is 0 Å². The maximum absolute atomic E-state index is 3.70. The smallest absolute Gasteiger partial charge is 0.00683 e. The van der Waals surface area contributed by atoms with Crippen molar-refractivity contribution in [2.45, 2.75) is 72.3 Å². The summed E-state index contributed by atoms with van der Waals surface area (Å²) in [5.41, 5.74) is 0. The summed E-state index contributed by atoms with van der Waals surface area (Å²) in [6, 6.07) is 0.875. The SMILES string of the molecule is CC(C)CCCC(CNC1CC1)CC(C)C. The van der Waals surface area contributed by atoms with Gasteiger partial charge in [-0.1, -0.05) is 40.5 Å². The summed E-state index contributed by atoms with van der Waals surface area (Å²) in [6.45, 7) is 10.6. The van der Waals surface area contributed by atoms with E-state index >= 15 is 0 Å². The van der Waals surface area contributed by atoms with Crippen LogP contribution in [0.2, 0.25) is 0 Å². The summed E-state index contributed by atoms with van der Waals surface area (Å²) < 4.78 is 0. The zero-order chi connectivity index (χ0) is 12.0. The molecule has 0 aromatic carbocycles. The van der Waals surface area contributed by atoms with Crippen molar-refractivity contribution in [2.24, 2.45) is 17.8 Å². The molecule has 1 N–H and O–H groups in total. The molecule has 1 aliphatic carbocycles. The molecule has 0 saturated heterocycles. The van der Waals surface area contributed by atoms with Crippen molar-refractivity contribution >= 4 is 0 Å². The molecule has 0 bridgehead atoms. The standard InChI is InChI=1S/C15H31N/c1-12(2)6-5-7-14(10-13(3)4)11-16-15-8-9-15/h12-16H,5-11H2,1-4H3. The second kappa shape index (κ2) is 7.32. The Kier molecular flexibility index (Phi) is 6.41. The molecule has 1 unspecified atom stereocenters. The van der Waals surface area contributed by atoms with Crippen LogP contribution in [-0.2, 0) is 0 Å². The van der Waals surface area contributed by atoms with Gasteiger partial charge in [0.05, 0.1) is 0 Å². The van der Waals surface area contributed by atoms with Crippen molar-refractivity contribution in [2.75, 3.05) is 6.54 Å². The van der Waals surface area contributed by atoms with Crippen molar-refractivity contribution in [1.82, 2.24) is 5.32 Å². The van der Waals surface area contributed by atoms with E-state index in [0.717, 1.165) is 23.8 Å².